The Morgan fingerprint density at radius 1 is 1.03 bits per heavy atom. The van der Waals surface area contributed by atoms with Crippen molar-refractivity contribution in [3.8, 4) is 17.1 Å². The molecule has 5 rings (SSSR count). The van der Waals surface area contributed by atoms with Crippen molar-refractivity contribution in [2.45, 2.75) is 31.8 Å². The number of aliphatic carboxylic acids is 1. The van der Waals surface area contributed by atoms with E-state index in [4.69, 9.17) is 21.4 Å². The summed E-state index contributed by atoms with van der Waals surface area (Å²) in [5.74, 6) is -0.988. The van der Waals surface area contributed by atoms with Gasteiger partial charge >= 0.3 is 12.0 Å². The number of rotatable bonds is 6. The molecule has 0 aliphatic heterocycles. The van der Waals surface area contributed by atoms with Gasteiger partial charge in [0.1, 0.15) is 11.6 Å². The molecule has 0 atom stereocenters. The van der Waals surface area contributed by atoms with E-state index in [1.165, 1.54) is 0 Å². The van der Waals surface area contributed by atoms with Crippen molar-refractivity contribution in [2.75, 3.05) is 5.32 Å². The maximum atomic E-state index is 11.1. The number of para-hydroxylation sites is 1. The lowest BCUT2D eigenvalue weighted by atomic mass is 9.87. The zero-order valence-electron chi connectivity index (χ0n) is 17.6. The quantitative estimate of drug-likeness (QED) is 0.340. The molecule has 4 aromatic rings. The fourth-order valence-electron chi connectivity index (χ4n) is 3.94. The van der Waals surface area contributed by atoms with Gasteiger partial charge in [0.25, 0.3) is 0 Å². The minimum atomic E-state index is -0.722. The van der Waals surface area contributed by atoms with Gasteiger partial charge in [-0.15, -0.1) is 0 Å². The molecule has 7 nitrogen and oxygen atoms in total. The average molecular weight is 481 g/mol. The number of nitrogens with zero attached hydrogens (tertiary/aromatic N) is 3. The Morgan fingerprint density at radius 2 is 1.76 bits per heavy atom. The number of hydrogen-bond donors (Lipinski definition) is 2. The van der Waals surface area contributed by atoms with Crippen LogP contribution in [0.4, 0.5) is 10.8 Å². The first kappa shape index (κ1) is 21.6. The molecular weight excluding hydrogens is 460 g/mol. The Labute approximate surface area is 199 Å². The fourth-order valence-corrected chi connectivity index (χ4v) is 5.13. The lowest BCUT2D eigenvalue weighted by Crippen LogP contribution is -2.28. The van der Waals surface area contributed by atoms with Crippen LogP contribution in [0.15, 0.2) is 54.9 Å². The van der Waals surface area contributed by atoms with E-state index in [9.17, 15) is 4.79 Å². The topological polar surface area (TPSA) is 97.2 Å². The van der Waals surface area contributed by atoms with Crippen LogP contribution in [0.3, 0.4) is 0 Å². The van der Waals surface area contributed by atoms with Crippen LogP contribution in [0.2, 0.25) is 5.02 Å². The molecule has 0 unspecified atom stereocenters. The molecule has 0 radical (unpaired) electrons. The van der Waals surface area contributed by atoms with Gasteiger partial charge in [-0.2, -0.15) is 0 Å². The van der Waals surface area contributed by atoms with E-state index >= 15 is 0 Å². The highest BCUT2D eigenvalue weighted by molar-refractivity contribution is 7.22. The van der Waals surface area contributed by atoms with E-state index in [1.54, 1.807) is 23.7 Å². The number of hydrogen-bond acceptors (Lipinski definition) is 7. The highest BCUT2D eigenvalue weighted by Gasteiger charge is 2.27. The number of fused-ring (bicyclic) bond motifs is 1. The van der Waals surface area contributed by atoms with Gasteiger partial charge in [-0.05, 0) is 55.5 Å². The predicted octanol–water partition coefficient (Wildman–Crippen LogP) is 6.17. The standard InChI is InChI=1S/C24H21ClN4O3S/c25-19-2-1-3-20-21(19)29-24(33-20)28-17-8-4-14(5-9-17)16-12-26-23(27-13-16)32-18-10-6-15(7-11-18)22(30)31/h1-5,8-9,12-13,15,18H,6-7,10-11H2,(H,28,29)(H,30,31)/t15-,18+. The van der Waals surface area contributed by atoms with Crippen LogP contribution in [-0.2, 0) is 4.79 Å². The van der Waals surface area contributed by atoms with Crippen LogP contribution in [0.25, 0.3) is 21.3 Å². The highest BCUT2D eigenvalue weighted by Crippen LogP contribution is 2.33. The number of thiazole rings is 1. The molecule has 0 spiro atoms. The Balaban J connectivity index is 1.21. The van der Waals surface area contributed by atoms with Crippen LogP contribution >= 0.6 is 22.9 Å². The van der Waals surface area contributed by atoms with Crippen molar-refractivity contribution in [2.24, 2.45) is 5.92 Å². The van der Waals surface area contributed by atoms with Crippen molar-refractivity contribution in [1.82, 2.24) is 15.0 Å². The molecule has 2 aromatic heterocycles. The number of benzene rings is 2. The van der Waals surface area contributed by atoms with Crippen molar-refractivity contribution >= 4 is 49.9 Å². The van der Waals surface area contributed by atoms with E-state index in [0.717, 1.165) is 32.2 Å². The second kappa shape index (κ2) is 9.33. The van der Waals surface area contributed by atoms with E-state index in [-0.39, 0.29) is 12.0 Å². The van der Waals surface area contributed by atoms with Crippen molar-refractivity contribution in [3.63, 3.8) is 0 Å². The summed E-state index contributed by atoms with van der Waals surface area (Å²) in [5.41, 5.74) is 3.60. The molecule has 1 aliphatic carbocycles. The molecule has 2 N–H and O–H groups in total. The molecule has 0 amide bonds. The Bertz CT molecular complexity index is 1270. The van der Waals surface area contributed by atoms with Crippen molar-refractivity contribution < 1.29 is 14.6 Å². The van der Waals surface area contributed by atoms with Crippen LogP contribution in [0, 0.1) is 5.92 Å². The number of anilines is 2. The number of aromatic nitrogens is 3. The average Bonchev–Trinajstić information content (AvgIpc) is 3.24. The number of nitrogens with one attached hydrogen (secondary N) is 1. The summed E-state index contributed by atoms with van der Waals surface area (Å²) in [7, 11) is 0. The van der Waals surface area contributed by atoms with Crippen LogP contribution < -0.4 is 10.1 Å². The molecule has 1 saturated carbocycles. The number of carbonyl (C=O) groups is 1. The lowest BCUT2D eigenvalue weighted by Gasteiger charge is -2.25. The second-order valence-corrected chi connectivity index (χ2v) is 9.43. The largest absolute Gasteiger partial charge is 0.481 e. The molecule has 168 valence electrons. The van der Waals surface area contributed by atoms with E-state index in [0.29, 0.717) is 36.7 Å². The van der Waals surface area contributed by atoms with Gasteiger partial charge in [0.05, 0.1) is 15.6 Å². The molecule has 0 bridgehead atoms. The lowest BCUT2D eigenvalue weighted by molar-refractivity contribution is -0.143. The Hall–Kier alpha value is -3.23. The first-order valence-electron chi connectivity index (χ1n) is 10.7. The van der Waals surface area contributed by atoms with Crippen LogP contribution in [0.1, 0.15) is 25.7 Å². The minimum Gasteiger partial charge on any atom is -0.481 e. The highest BCUT2D eigenvalue weighted by atomic mass is 35.5. The molecule has 2 heterocycles. The minimum absolute atomic E-state index is 0.0331. The predicted molar refractivity (Wildman–Crippen MR) is 129 cm³/mol. The third kappa shape index (κ3) is 4.91. The van der Waals surface area contributed by atoms with Crippen LogP contribution in [0.5, 0.6) is 6.01 Å². The van der Waals surface area contributed by atoms with Gasteiger partial charge < -0.3 is 15.2 Å². The maximum absolute atomic E-state index is 11.1. The third-order valence-corrected chi connectivity index (χ3v) is 7.00. The van der Waals surface area contributed by atoms with Gasteiger partial charge in [0.15, 0.2) is 5.13 Å². The SMILES string of the molecule is O=C(O)[C@H]1CC[C@@H](Oc2ncc(-c3ccc(Nc4nc5c(Cl)cccc5s4)cc3)cn2)CC1. The molecule has 2 aromatic carbocycles. The van der Waals surface area contributed by atoms with Gasteiger partial charge in [0, 0.05) is 23.6 Å². The van der Waals surface area contributed by atoms with Crippen molar-refractivity contribution in [1.29, 1.82) is 0 Å². The summed E-state index contributed by atoms with van der Waals surface area (Å²) in [5, 5.41) is 13.9. The molecule has 1 fully saturated rings. The zero-order valence-corrected chi connectivity index (χ0v) is 19.1. The third-order valence-electron chi connectivity index (χ3n) is 5.76. The maximum Gasteiger partial charge on any atom is 0.316 e. The summed E-state index contributed by atoms with van der Waals surface area (Å²) in [6, 6.07) is 14.0. The molecular formula is C24H21ClN4O3S. The van der Waals surface area contributed by atoms with Crippen LogP contribution in [-0.4, -0.2) is 32.1 Å². The van der Waals surface area contributed by atoms with Gasteiger partial charge in [-0.1, -0.05) is 41.1 Å². The normalized spacial score (nSPS) is 18.2. The summed E-state index contributed by atoms with van der Waals surface area (Å²) in [6.07, 6.45) is 6.11. The van der Waals surface area contributed by atoms with Gasteiger partial charge in [-0.25, -0.2) is 15.0 Å². The summed E-state index contributed by atoms with van der Waals surface area (Å²) in [6.45, 7) is 0. The second-order valence-electron chi connectivity index (χ2n) is 7.99. The monoisotopic (exact) mass is 480 g/mol. The van der Waals surface area contributed by atoms with Gasteiger partial charge in [0.2, 0.25) is 0 Å². The number of carboxylic acids is 1. The first-order valence-corrected chi connectivity index (χ1v) is 11.9. The molecule has 1 aliphatic rings. The summed E-state index contributed by atoms with van der Waals surface area (Å²) < 4.78 is 6.89. The number of carboxylic acid groups (broad SMARTS) is 1. The summed E-state index contributed by atoms with van der Waals surface area (Å²) >= 11 is 7.77. The smallest absolute Gasteiger partial charge is 0.316 e. The Kier molecular flexibility index (Phi) is 6.11. The Morgan fingerprint density at radius 3 is 2.42 bits per heavy atom. The van der Waals surface area contributed by atoms with E-state index in [1.807, 2.05) is 42.5 Å². The molecule has 33 heavy (non-hydrogen) atoms. The first-order chi connectivity index (χ1) is 16.0. The molecule has 0 saturated heterocycles. The summed E-state index contributed by atoms with van der Waals surface area (Å²) in [4.78, 5) is 24.3. The van der Waals surface area contributed by atoms with E-state index < -0.39 is 5.97 Å². The number of ether oxygens (including phenoxy) is 1. The zero-order chi connectivity index (χ0) is 22.8. The van der Waals surface area contributed by atoms with E-state index in [2.05, 4.69) is 20.3 Å². The van der Waals surface area contributed by atoms with Crippen molar-refractivity contribution in [3.05, 3.63) is 59.9 Å². The number of halogens is 1. The molecule has 9 heteroatoms. The fraction of sp³-hybridized carbons (Fsp3) is 0.250. The van der Waals surface area contributed by atoms with Gasteiger partial charge in [-0.3, -0.25) is 4.79 Å².